The Kier molecular flexibility index (Phi) is 4.18. The van der Waals surface area contributed by atoms with Crippen LogP contribution in [0.3, 0.4) is 0 Å². The number of carbonyl (C=O) groups is 1. The van der Waals surface area contributed by atoms with Gasteiger partial charge in [-0.1, -0.05) is 0 Å². The van der Waals surface area contributed by atoms with Gasteiger partial charge in [0.25, 0.3) is 0 Å². The molecule has 0 aliphatic rings. The molecule has 0 fully saturated rings. The van der Waals surface area contributed by atoms with E-state index in [2.05, 4.69) is 4.94 Å². The molecule has 2 nitrogen and oxygen atoms in total. The minimum absolute atomic E-state index is 0.408. The third kappa shape index (κ3) is 6.01. The van der Waals surface area contributed by atoms with Crippen LogP contribution in [0, 0.1) is 0 Å². The fraction of sp³-hybridized carbons (Fsp3) is 0.250. The summed E-state index contributed by atoms with van der Waals surface area (Å²) in [4.78, 5) is 11.8. The normalized spacial score (nSPS) is 9.86. The van der Waals surface area contributed by atoms with Gasteiger partial charge in [-0.2, -0.15) is 0 Å². The van der Waals surface area contributed by atoms with Gasteiger partial charge in [0.05, 0.1) is 0 Å². The molecule has 0 heterocycles. The summed E-state index contributed by atoms with van der Waals surface area (Å²) in [7, 11) is 0. The molecule has 0 spiro atoms. The third-order valence-corrected chi connectivity index (χ3v) is 1.82. The Morgan fingerprint density at radius 1 is 1.86 bits per heavy atom. The topological polar surface area (TPSA) is 37.3 Å². The van der Waals surface area contributed by atoms with Crippen molar-refractivity contribution in [3.05, 3.63) is 10.2 Å². The third-order valence-electron chi connectivity index (χ3n) is 0.393. The second-order valence-corrected chi connectivity index (χ2v) is 3.56. The molecule has 0 aromatic rings. The molecule has 0 atom stereocenters. The number of aliphatic carboxylic acids is 1. The van der Waals surface area contributed by atoms with E-state index >= 15 is 0 Å². The van der Waals surface area contributed by atoms with Gasteiger partial charge in [0, 0.05) is 0 Å². The summed E-state index contributed by atoms with van der Waals surface area (Å²) in [6.45, 7) is 0. The van der Waals surface area contributed by atoms with Gasteiger partial charge in [-0.3, -0.25) is 0 Å². The zero-order chi connectivity index (χ0) is 5.70. The fourth-order valence-electron chi connectivity index (χ4n) is 0.155. The molecule has 0 aromatic heterocycles. The Bertz CT molecular complexity index is 87.7. The van der Waals surface area contributed by atoms with Crippen LogP contribution >= 0.6 is 0 Å². The first-order valence-electron chi connectivity index (χ1n) is 1.84. The van der Waals surface area contributed by atoms with Crippen LogP contribution in [-0.2, 0) is 4.79 Å². The Morgan fingerprint density at radius 2 is 2.43 bits per heavy atom. The first-order valence-corrected chi connectivity index (χ1v) is 6.34. The number of rotatable bonds is 2. The van der Waals surface area contributed by atoms with Crippen LogP contribution in [0.5, 0.6) is 0 Å². The van der Waals surface area contributed by atoms with E-state index in [0.29, 0.717) is 0 Å². The molecule has 0 saturated carbocycles. The number of carboxylic acids is 1. The van der Waals surface area contributed by atoms with Crippen LogP contribution in [0.15, 0.2) is 10.2 Å². The molecule has 1 N–H and O–H groups in total. The van der Waals surface area contributed by atoms with Crippen molar-refractivity contribution in [1.29, 1.82) is 0 Å². The van der Waals surface area contributed by atoms with Crippen molar-refractivity contribution in [2.45, 2.75) is 4.94 Å². The molecule has 38 valence electrons. The maximum atomic E-state index is 9.70. The summed E-state index contributed by atoms with van der Waals surface area (Å²) in [5, 5.41) is 7.98. The quantitative estimate of drug-likeness (QED) is 0.521. The molecule has 0 saturated heterocycles. The van der Waals surface area contributed by atoms with Crippen LogP contribution < -0.4 is 0 Å². The van der Waals surface area contributed by atoms with E-state index in [1.807, 2.05) is 0 Å². The molecule has 0 unspecified atom stereocenters. The standard InChI is InChI=1S/C3H3O2.CH3.Sn/c1-2-3(4)5;;/h1-2H,(H,4,5);1H3;. The van der Waals surface area contributed by atoms with Crippen molar-refractivity contribution in [1.82, 2.24) is 0 Å². The number of hydrogen-bond donors (Lipinski definition) is 1. The molecule has 2 radical (unpaired) electrons. The van der Waals surface area contributed by atoms with Crippen molar-refractivity contribution in [2.24, 2.45) is 0 Å². The predicted octanol–water partition coefficient (Wildman–Crippen LogP) is 0.337. The maximum absolute atomic E-state index is 9.70. The molecule has 0 amide bonds. The van der Waals surface area contributed by atoms with E-state index in [1.165, 1.54) is 6.08 Å². The average molecular weight is 205 g/mol. The Labute approximate surface area is 52.4 Å². The van der Waals surface area contributed by atoms with E-state index in [4.69, 9.17) is 5.11 Å². The molecule has 0 bridgehead atoms. The molecule has 0 aliphatic heterocycles. The molecular formula is C4H6O2Sn. The second kappa shape index (κ2) is 4.18. The molecule has 0 rings (SSSR count). The SMILES string of the molecule is [CH3][Sn][CH]=CC(=O)O. The second-order valence-electron chi connectivity index (χ2n) is 0.960. The van der Waals surface area contributed by atoms with Crippen LogP contribution in [0.2, 0.25) is 4.94 Å². The van der Waals surface area contributed by atoms with Gasteiger partial charge in [0.1, 0.15) is 0 Å². The van der Waals surface area contributed by atoms with Gasteiger partial charge in [0.15, 0.2) is 0 Å². The van der Waals surface area contributed by atoms with Crippen molar-refractivity contribution in [2.75, 3.05) is 0 Å². The van der Waals surface area contributed by atoms with Crippen molar-refractivity contribution >= 4 is 27.1 Å². The molecule has 0 aromatic carbocycles. The molecule has 3 heteroatoms. The van der Waals surface area contributed by atoms with E-state index in [0.717, 1.165) is 0 Å². The van der Waals surface area contributed by atoms with Crippen LogP contribution in [0.1, 0.15) is 0 Å². The van der Waals surface area contributed by atoms with E-state index < -0.39 is 27.1 Å². The van der Waals surface area contributed by atoms with Gasteiger partial charge < -0.3 is 0 Å². The molecule has 0 aliphatic carbocycles. The molecule has 7 heavy (non-hydrogen) atoms. The van der Waals surface area contributed by atoms with Gasteiger partial charge in [-0.05, 0) is 0 Å². The summed E-state index contributed by atoms with van der Waals surface area (Å²) in [5.41, 5.74) is 0. The summed E-state index contributed by atoms with van der Waals surface area (Å²) in [6.07, 6.45) is 1.21. The summed E-state index contributed by atoms with van der Waals surface area (Å²) in [5.74, 6) is -0.831. The van der Waals surface area contributed by atoms with Crippen molar-refractivity contribution < 1.29 is 9.90 Å². The number of carboxylic acid groups (broad SMARTS) is 1. The van der Waals surface area contributed by atoms with E-state index in [9.17, 15) is 4.79 Å². The Hall–Kier alpha value is 0.00870. The van der Waals surface area contributed by atoms with Gasteiger partial charge >= 0.3 is 52.1 Å². The fourth-order valence-corrected chi connectivity index (χ4v) is 1.04. The zero-order valence-electron chi connectivity index (χ0n) is 4.01. The van der Waals surface area contributed by atoms with Crippen molar-refractivity contribution in [3.8, 4) is 0 Å². The first kappa shape index (κ1) is 7.01. The average Bonchev–Trinajstić information content (AvgIpc) is 1.61. The van der Waals surface area contributed by atoms with Crippen molar-refractivity contribution in [3.63, 3.8) is 0 Å². The summed E-state index contributed by atoms with van der Waals surface area (Å²) in [6, 6.07) is 0. The van der Waals surface area contributed by atoms with Crippen LogP contribution in [-0.4, -0.2) is 32.2 Å². The predicted molar refractivity (Wildman–Crippen MR) is 28.4 cm³/mol. The summed E-state index contributed by atoms with van der Waals surface area (Å²) < 4.78 is 1.77. The van der Waals surface area contributed by atoms with E-state index in [1.54, 1.807) is 4.09 Å². The Balaban J connectivity index is 3.26. The van der Waals surface area contributed by atoms with Gasteiger partial charge in [-0.25, -0.2) is 0 Å². The van der Waals surface area contributed by atoms with Crippen LogP contribution in [0.4, 0.5) is 0 Å². The number of hydrogen-bond acceptors (Lipinski definition) is 1. The molecular weight excluding hydrogens is 199 g/mol. The monoisotopic (exact) mass is 206 g/mol. The summed E-state index contributed by atoms with van der Waals surface area (Å²) >= 11 is -0.408. The van der Waals surface area contributed by atoms with Crippen LogP contribution in [0.25, 0.3) is 0 Å². The first-order chi connectivity index (χ1) is 3.27. The van der Waals surface area contributed by atoms with Gasteiger partial charge in [0.2, 0.25) is 0 Å². The Morgan fingerprint density at radius 3 is 2.57 bits per heavy atom. The van der Waals surface area contributed by atoms with Gasteiger partial charge in [-0.15, -0.1) is 0 Å². The minimum atomic E-state index is -0.831. The zero-order valence-corrected chi connectivity index (χ0v) is 6.86. The van der Waals surface area contributed by atoms with E-state index in [-0.39, 0.29) is 0 Å².